The zero-order chi connectivity index (χ0) is 22.7. The molecule has 5 heteroatoms. The topological polar surface area (TPSA) is 51.9 Å². The van der Waals surface area contributed by atoms with Crippen LogP contribution >= 0.6 is 0 Å². The minimum atomic E-state index is 0.0643. The van der Waals surface area contributed by atoms with Gasteiger partial charge in [0, 0.05) is 46.8 Å². The fraction of sp³-hybridized carbons (Fsp3) is 0.370. The number of amides is 1. The lowest BCUT2D eigenvalue weighted by atomic mass is 9.98. The number of furan rings is 1. The molecule has 0 bridgehead atoms. The Morgan fingerprint density at radius 1 is 1.19 bits per heavy atom. The van der Waals surface area contributed by atoms with Gasteiger partial charge in [-0.2, -0.15) is 0 Å². The van der Waals surface area contributed by atoms with Crippen molar-refractivity contribution < 1.29 is 18.7 Å². The van der Waals surface area contributed by atoms with Gasteiger partial charge in [0.2, 0.25) is 5.91 Å². The van der Waals surface area contributed by atoms with Gasteiger partial charge in [0.1, 0.15) is 17.1 Å². The number of piperidine rings is 1. The van der Waals surface area contributed by atoms with Crippen molar-refractivity contribution in [3.8, 4) is 22.6 Å². The van der Waals surface area contributed by atoms with Crippen molar-refractivity contribution in [2.45, 2.75) is 46.1 Å². The molecule has 2 heterocycles. The highest BCUT2D eigenvalue weighted by Gasteiger charge is 2.23. The highest BCUT2D eigenvalue weighted by molar-refractivity contribution is 6.01. The molecule has 0 spiro atoms. The summed E-state index contributed by atoms with van der Waals surface area (Å²) in [6.45, 7) is 7.40. The van der Waals surface area contributed by atoms with Gasteiger partial charge in [0.05, 0.1) is 20.0 Å². The number of nitrogens with zero attached hydrogens (tertiary/aromatic N) is 1. The number of ether oxygens (including phenoxy) is 2. The maximum atomic E-state index is 13.0. The first kappa shape index (κ1) is 22.0. The van der Waals surface area contributed by atoms with Gasteiger partial charge in [-0.15, -0.1) is 0 Å². The molecule has 0 aliphatic carbocycles. The van der Waals surface area contributed by atoms with Gasteiger partial charge in [0.15, 0.2) is 0 Å². The zero-order valence-electron chi connectivity index (χ0n) is 19.3. The maximum absolute atomic E-state index is 13.0. The summed E-state index contributed by atoms with van der Waals surface area (Å²) in [6, 6.07) is 12.1. The number of allylic oxidation sites excluding steroid dienone is 1. The Morgan fingerprint density at radius 3 is 2.75 bits per heavy atom. The van der Waals surface area contributed by atoms with Crippen molar-refractivity contribution in [3.05, 3.63) is 54.3 Å². The molecular formula is C27H31NO4. The van der Waals surface area contributed by atoms with Crippen molar-refractivity contribution in [2.24, 2.45) is 0 Å². The second-order valence-electron chi connectivity index (χ2n) is 8.33. The van der Waals surface area contributed by atoms with Gasteiger partial charge in [-0.1, -0.05) is 18.2 Å². The number of hydrogen-bond donors (Lipinski definition) is 0. The first-order valence-electron chi connectivity index (χ1n) is 11.3. The first-order chi connectivity index (χ1) is 15.5. The minimum absolute atomic E-state index is 0.0643. The van der Waals surface area contributed by atoms with Crippen LogP contribution in [0.5, 0.6) is 11.5 Å². The third-order valence-electron chi connectivity index (χ3n) is 6.22. The predicted octanol–water partition coefficient (Wildman–Crippen LogP) is 6.31. The number of hydrogen-bond acceptors (Lipinski definition) is 4. The van der Waals surface area contributed by atoms with Crippen LogP contribution in [0.15, 0.2) is 53.2 Å². The van der Waals surface area contributed by atoms with E-state index in [1.807, 2.05) is 49.1 Å². The van der Waals surface area contributed by atoms with Crippen LogP contribution in [0.2, 0.25) is 0 Å². The molecule has 0 N–H and O–H groups in total. The first-order valence-corrected chi connectivity index (χ1v) is 11.3. The lowest BCUT2D eigenvalue weighted by molar-refractivity contribution is -0.129. The standard InChI is InChI=1S/C27H31NO4/c1-5-31-25-16-26-22(23(17-32-26)20-11-6-7-12-24(20)30-4)15-21(25)18(2)14-27(29)28-13-9-8-10-19(28)3/h6-7,11-12,14-17,19H,5,8-10,13H2,1-4H3/b18-14+. The Labute approximate surface area is 189 Å². The molecule has 0 radical (unpaired) electrons. The van der Waals surface area contributed by atoms with Gasteiger partial charge in [0.25, 0.3) is 0 Å². The second-order valence-corrected chi connectivity index (χ2v) is 8.33. The third kappa shape index (κ3) is 4.24. The van der Waals surface area contributed by atoms with E-state index in [0.29, 0.717) is 12.4 Å². The lowest BCUT2D eigenvalue weighted by Gasteiger charge is -2.32. The molecule has 5 nitrogen and oxygen atoms in total. The third-order valence-corrected chi connectivity index (χ3v) is 6.22. The smallest absolute Gasteiger partial charge is 0.247 e. The molecule has 2 aromatic carbocycles. The van der Waals surface area contributed by atoms with Crippen LogP contribution in [0.4, 0.5) is 0 Å². The highest BCUT2D eigenvalue weighted by atomic mass is 16.5. The van der Waals surface area contributed by atoms with Gasteiger partial charge in [-0.05, 0) is 57.7 Å². The van der Waals surface area contributed by atoms with Crippen molar-refractivity contribution >= 4 is 22.4 Å². The lowest BCUT2D eigenvalue weighted by Crippen LogP contribution is -2.41. The summed E-state index contributed by atoms with van der Waals surface area (Å²) in [5.74, 6) is 1.57. The quantitative estimate of drug-likeness (QED) is 0.427. The Kier molecular flexibility index (Phi) is 6.54. The van der Waals surface area contributed by atoms with E-state index in [1.165, 1.54) is 6.42 Å². The summed E-state index contributed by atoms with van der Waals surface area (Å²) in [7, 11) is 1.67. The second kappa shape index (κ2) is 9.51. The summed E-state index contributed by atoms with van der Waals surface area (Å²) in [5, 5.41) is 0.958. The van der Waals surface area contributed by atoms with Crippen LogP contribution in [0.1, 0.15) is 45.6 Å². The van der Waals surface area contributed by atoms with Gasteiger partial charge >= 0.3 is 0 Å². The van der Waals surface area contributed by atoms with Crippen LogP contribution in [0.3, 0.4) is 0 Å². The Bertz CT molecular complexity index is 1140. The van der Waals surface area contributed by atoms with Crippen molar-refractivity contribution in [2.75, 3.05) is 20.3 Å². The fourth-order valence-electron chi connectivity index (χ4n) is 4.49. The Hall–Kier alpha value is -3.21. The largest absolute Gasteiger partial charge is 0.496 e. The summed E-state index contributed by atoms with van der Waals surface area (Å²) in [6.07, 6.45) is 6.81. The molecule has 0 saturated carbocycles. The summed E-state index contributed by atoms with van der Waals surface area (Å²) < 4.78 is 17.4. The van der Waals surface area contributed by atoms with E-state index in [0.717, 1.165) is 58.4 Å². The van der Waals surface area contributed by atoms with E-state index in [-0.39, 0.29) is 11.9 Å². The van der Waals surface area contributed by atoms with Gasteiger partial charge in [-0.3, -0.25) is 4.79 Å². The molecule has 4 rings (SSSR count). The van der Waals surface area contributed by atoms with E-state index < -0.39 is 0 Å². The molecule has 1 fully saturated rings. The number of likely N-dealkylation sites (tertiary alicyclic amines) is 1. The van der Waals surface area contributed by atoms with Crippen molar-refractivity contribution in [1.82, 2.24) is 4.90 Å². The van der Waals surface area contributed by atoms with E-state index in [9.17, 15) is 4.79 Å². The monoisotopic (exact) mass is 433 g/mol. The Morgan fingerprint density at radius 2 is 2.00 bits per heavy atom. The van der Waals surface area contributed by atoms with Crippen molar-refractivity contribution in [1.29, 1.82) is 0 Å². The molecule has 32 heavy (non-hydrogen) atoms. The van der Waals surface area contributed by atoms with E-state index in [4.69, 9.17) is 13.9 Å². The minimum Gasteiger partial charge on any atom is -0.496 e. The molecule has 1 aliphatic heterocycles. The molecule has 1 saturated heterocycles. The molecule has 1 aliphatic rings. The van der Waals surface area contributed by atoms with Gasteiger partial charge in [-0.25, -0.2) is 0 Å². The normalized spacial score (nSPS) is 16.9. The van der Waals surface area contributed by atoms with Crippen LogP contribution in [-0.2, 0) is 4.79 Å². The average Bonchev–Trinajstić information content (AvgIpc) is 3.21. The molecule has 1 unspecified atom stereocenters. The maximum Gasteiger partial charge on any atom is 0.247 e. The summed E-state index contributed by atoms with van der Waals surface area (Å²) >= 11 is 0. The summed E-state index contributed by atoms with van der Waals surface area (Å²) in [4.78, 5) is 15.0. The number of rotatable bonds is 6. The SMILES string of the molecule is CCOc1cc2occ(-c3ccccc3OC)c2cc1/C(C)=C/C(=O)N1CCCCC1C. The number of para-hydroxylation sites is 1. The average molecular weight is 434 g/mol. The molecule has 1 aromatic heterocycles. The van der Waals surface area contributed by atoms with Crippen molar-refractivity contribution in [3.63, 3.8) is 0 Å². The fourth-order valence-corrected chi connectivity index (χ4v) is 4.49. The number of methoxy groups -OCH3 is 1. The van der Waals surface area contributed by atoms with Crippen LogP contribution in [0.25, 0.3) is 27.7 Å². The zero-order valence-corrected chi connectivity index (χ0v) is 19.3. The number of carbonyl (C=O) groups excluding carboxylic acids is 1. The molecular weight excluding hydrogens is 402 g/mol. The highest BCUT2D eigenvalue weighted by Crippen LogP contribution is 2.40. The van der Waals surface area contributed by atoms with E-state index in [1.54, 1.807) is 19.4 Å². The number of benzene rings is 2. The predicted molar refractivity (Wildman–Crippen MR) is 128 cm³/mol. The summed E-state index contributed by atoms with van der Waals surface area (Å²) in [5.41, 5.74) is 4.43. The van der Waals surface area contributed by atoms with Crippen LogP contribution in [-0.4, -0.2) is 37.1 Å². The number of carbonyl (C=O) groups is 1. The molecule has 1 atom stereocenters. The Balaban J connectivity index is 1.78. The van der Waals surface area contributed by atoms with Gasteiger partial charge < -0.3 is 18.8 Å². The van der Waals surface area contributed by atoms with E-state index >= 15 is 0 Å². The molecule has 168 valence electrons. The molecule has 3 aromatic rings. The number of fused-ring (bicyclic) bond motifs is 1. The molecule has 1 amide bonds. The van der Waals surface area contributed by atoms with Crippen LogP contribution < -0.4 is 9.47 Å². The van der Waals surface area contributed by atoms with E-state index in [2.05, 4.69) is 13.0 Å². The van der Waals surface area contributed by atoms with Crippen LogP contribution in [0, 0.1) is 0 Å².